The van der Waals surface area contributed by atoms with E-state index in [-0.39, 0.29) is 4.90 Å². The van der Waals surface area contributed by atoms with E-state index < -0.39 is 10.0 Å². The molecule has 3 aromatic rings. The van der Waals surface area contributed by atoms with E-state index in [9.17, 15) is 8.42 Å². The molecule has 1 aromatic heterocycles. The van der Waals surface area contributed by atoms with Gasteiger partial charge in [0.05, 0.1) is 4.90 Å². The van der Waals surface area contributed by atoms with E-state index >= 15 is 0 Å². The van der Waals surface area contributed by atoms with Crippen LogP contribution in [0.4, 0.5) is 6.01 Å². The molecule has 0 bridgehead atoms. The molecule has 0 radical (unpaired) electrons. The van der Waals surface area contributed by atoms with E-state index in [1.807, 2.05) is 30.3 Å². The smallest absolute Gasteiger partial charge is 0.295 e. The summed E-state index contributed by atoms with van der Waals surface area (Å²) in [5.74, 6) is 0. The summed E-state index contributed by atoms with van der Waals surface area (Å²) < 4.78 is 31.4. The minimum absolute atomic E-state index is 0.229. The van der Waals surface area contributed by atoms with Crippen molar-refractivity contribution in [1.29, 1.82) is 0 Å². The highest BCUT2D eigenvalue weighted by molar-refractivity contribution is 7.89. The third kappa shape index (κ3) is 2.95. The van der Waals surface area contributed by atoms with Gasteiger partial charge in [0.15, 0.2) is 5.58 Å². The number of oxazole rings is 1. The summed E-state index contributed by atoms with van der Waals surface area (Å²) in [7, 11) is -2.05. The fourth-order valence-electron chi connectivity index (χ4n) is 2.07. The van der Waals surface area contributed by atoms with Gasteiger partial charge in [-0.2, -0.15) is 4.98 Å². The molecule has 22 heavy (non-hydrogen) atoms. The van der Waals surface area contributed by atoms with Crippen molar-refractivity contribution >= 4 is 27.1 Å². The molecular weight excluding hydrogens is 302 g/mol. The summed E-state index contributed by atoms with van der Waals surface area (Å²) in [6.07, 6.45) is 0. The number of anilines is 1. The van der Waals surface area contributed by atoms with Gasteiger partial charge in [0.1, 0.15) is 5.52 Å². The fraction of sp³-hybridized carbons (Fsp3) is 0.133. The van der Waals surface area contributed by atoms with Crippen LogP contribution in [0, 0.1) is 0 Å². The molecule has 0 spiro atoms. The monoisotopic (exact) mass is 317 g/mol. The molecule has 7 heteroatoms. The molecule has 0 aliphatic heterocycles. The lowest BCUT2D eigenvalue weighted by atomic mass is 10.2. The van der Waals surface area contributed by atoms with Crippen LogP contribution >= 0.6 is 0 Å². The summed E-state index contributed by atoms with van der Waals surface area (Å²) in [5, 5.41) is 3.05. The van der Waals surface area contributed by atoms with Crippen LogP contribution in [0.5, 0.6) is 0 Å². The van der Waals surface area contributed by atoms with Gasteiger partial charge >= 0.3 is 0 Å². The van der Waals surface area contributed by atoms with Crippen molar-refractivity contribution in [2.24, 2.45) is 0 Å². The van der Waals surface area contributed by atoms with Gasteiger partial charge in [-0.25, -0.2) is 13.1 Å². The number of hydrogen-bond donors (Lipinski definition) is 2. The van der Waals surface area contributed by atoms with Crippen molar-refractivity contribution in [3.63, 3.8) is 0 Å². The second kappa shape index (κ2) is 5.78. The van der Waals surface area contributed by atoms with E-state index in [0.717, 1.165) is 11.1 Å². The highest BCUT2D eigenvalue weighted by Gasteiger charge is 2.11. The zero-order valence-electron chi connectivity index (χ0n) is 11.9. The maximum Gasteiger partial charge on any atom is 0.295 e. The van der Waals surface area contributed by atoms with Gasteiger partial charge in [-0.15, -0.1) is 0 Å². The third-order valence-corrected chi connectivity index (χ3v) is 4.63. The molecule has 0 saturated heterocycles. The Morgan fingerprint density at radius 2 is 1.95 bits per heavy atom. The van der Waals surface area contributed by atoms with Gasteiger partial charge in [-0.1, -0.05) is 24.3 Å². The standard InChI is InChI=1S/C15H15N3O3S/c1-16-22(19,20)12-6-4-5-11(9-12)10-17-15-18-13-7-2-3-8-14(13)21-15/h2-9,16H,10H2,1H3,(H,17,18). The van der Waals surface area contributed by atoms with Crippen molar-refractivity contribution in [1.82, 2.24) is 9.71 Å². The highest BCUT2D eigenvalue weighted by atomic mass is 32.2. The number of fused-ring (bicyclic) bond motifs is 1. The zero-order chi connectivity index (χ0) is 15.6. The molecule has 0 unspecified atom stereocenters. The number of aromatic nitrogens is 1. The van der Waals surface area contributed by atoms with Gasteiger partial charge < -0.3 is 9.73 Å². The Balaban J connectivity index is 1.77. The maximum atomic E-state index is 11.8. The SMILES string of the molecule is CNS(=O)(=O)c1cccc(CNc2nc3ccccc3o2)c1. The van der Waals surface area contributed by atoms with Crippen LogP contribution < -0.4 is 10.0 Å². The normalized spacial score (nSPS) is 11.7. The van der Waals surface area contributed by atoms with Crippen LogP contribution in [0.15, 0.2) is 57.8 Å². The number of nitrogens with one attached hydrogen (secondary N) is 2. The van der Waals surface area contributed by atoms with E-state index in [4.69, 9.17) is 4.42 Å². The van der Waals surface area contributed by atoms with E-state index in [1.54, 1.807) is 18.2 Å². The molecule has 0 aliphatic carbocycles. The second-order valence-electron chi connectivity index (χ2n) is 4.70. The predicted octanol–water partition coefficient (Wildman–Crippen LogP) is 2.35. The Labute approximate surface area is 128 Å². The number of sulfonamides is 1. The minimum atomic E-state index is -3.44. The number of rotatable bonds is 5. The maximum absolute atomic E-state index is 11.8. The first-order valence-electron chi connectivity index (χ1n) is 6.70. The highest BCUT2D eigenvalue weighted by Crippen LogP contribution is 2.19. The zero-order valence-corrected chi connectivity index (χ0v) is 12.7. The molecule has 0 fully saturated rings. The molecule has 6 nitrogen and oxygen atoms in total. The third-order valence-electron chi connectivity index (χ3n) is 3.22. The first-order valence-corrected chi connectivity index (χ1v) is 8.19. The lowest BCUT2D eigenvalue weighted by molar-refractivity contribution is 0.588. The summed E-state index contributed by atoms with van der Waals surface area (Å²) in [6.45, 7) is 0.417. The van der Waals surface area contributed by atoms with Crippen molar-refractivity contribution in [3.05, 3.63) is 54.1 Å². The summed E-state index contributed by atoms with van der Waals surface area (Å²) in [4.78, 5) is 4.54. The first-order chi connectivity index (χ1) is 10.6. The van der Waals surface area contributed by atoms with Crippen LogP contribution in [-0.2, 0) is 16.6 Å². The minimum Gasteiger partial charge on any atom is -0.424 e. The molecule has 0 saturated carbocycles. The number of hydrogen-bond acceptors (Lipinski definition) is 5. The van der Waals surface area contributed by atoms with Crippen LogP contribution in [0.1, 0.15) is 5.56 Å². The predicted molar refractivity (Wildman–Crippen MR) is 84.0 cm³/mol. The Kier molecular flexibility index (Phi) is 3.82. The molecular formula is C15H15N3O3S. The number of para-hydroxylation sites is 2. The number of benzene rings is 2. The topological polar surface area (TPSA) is 84.2 Å². The Bertz CT molecular complexity index is 870. The van der Waals surface area contributed by atoms with Crippen molar-refractivity contribution in [2.75, 3.05) is 12.4 Å². The van der Waals surface area contributed by atoms with E-state index in [0.29, 0.717) is 18.1 Å². The Morgan fingerprint density at radius 1 is 1.14 bits per heavy atom. The fourth-order valence-corrected chi connectivity index (χ4v) is 2.87. The van der Waals surface area contributed by atoms with Gasteiger partial charge in [-0.05, 0) is 36.9 Å². The average molecular weight is 317 g/mol. The molecule has 2 N–H and O–H groups in total. The van der Waals surface area contributed by atoms with Gasteiger partial charge in [0.25, 0.3) is 6.01 Å². The summed E-state index contributed by atoms with van der Waals surface area (Å²) in [5.41, 5.74) is 2.30. The van der Waals surface area contributed by atoms with Gasteiger partial charge in [0.2, 0.25) is 10.0 Å². The van der Waals surface area contributed by atoms with Crippen LogP contribution in [0.2, 0.25) is 0 Å². The quantitative estimate of drug-likeness (QED) is 0.754. The lowest BCUT2D eigenvalue weighted by Gasteiger charge is -2.06. The van der Waals surface area contributed by atoms with E-state index in [1.165, 1.54) is 7.05 Å². The Morgan fingerprint density at radius 3 is 2.73 bits per heavy atom. The molecule has 114 valence electrons. The van der Waals surface area contributed by atoms with Crippen LogP contribution in [0.3, 0.4) is 0 Å². The summed E-state index contributed by atoms with van der Waals surface area (Å²) in [6, 6.07) is 14.6. The molecule has 0 atom stereocenters. The van der Waals surface area contributed by atoms with Crippen molar-refractivity contribution in [2.45, 2.75) is 11.4 Å². The second-order valence-corrected chi connectivity index (χ2v) is 6.58. The van der Waals surface area contributed by atoms with Gasteiger partial charge in [-0.3, -0.25) is 0 Å². The van der Waals surface area contributed by atoms with Crippen LogP contribution in [-0.4, -0.2) is 20.4 Å². The largest absolute Gasteiger partial charge is 0.424 e. The number of nitrogens with zero attached hydrogens (tertiary/aromatic N) is 1. The molecule has 1 heterocycles. The van der Waals surface area contributed by atoms with E-state index in [2.05, 4.69) is 15.0 Å². The molecule has 0 aliphatic rings. The van der Waals surface area contributed by atoms with Crippen molar-refractivity contribution < 1.29 is 12.8 Å². The van der Waals surface area contributed by atoms with Crippen LogP contribution in [0.25, 0.3) is 11.1 Å². The lowest BCUT2D eigenvalue weighted by Crippen LogP contribution is -2.18. The van der Waals surface area contributed by atoms with Crippen molar-refractivity contribution in [3.8, 4) is 0 Å². The first kappa shape index (κ1) is 14.6. The molecule has 2 aromatic carbocycles. The average Bonchev–Trinajstić information content (AvgIpc) is 2.96. The molecule has 0 amide bonds. The molecule has 3 rings (SSSR count). The van der Waals surface area contributed by atoms with Gasteiger partial charge in [0, 0.05) is 6.54 Å². The summed E-state index contributed by atoms with van der Waals surface area (Å²) >= 11 is 0. The Hall–Kier alpha value is -2.38.